The lowest BCUT2D eigenvalue weighted by molar-refractivity contribution is 0.102. The number of nitrogens with one attached hydrogen (secondary N) is 1. The van der Waals surface area contributed by atoms with Gasteiger partial charge in [0, 0.05) is 11.3 Å². The number of aromatic nitrogens is 2. The first-order valence-electron chi connectivity index (χ1n) is 5.58. The Hall–Kier alpha value is -2.14. The van der Waals surface area contributed by atoms with E-state index in [-0.39, 0.29) is 22.8 Å². The molecule has 1 aromatic carbocycles. The van der Waals surface area contributed by atoms with Gasteiger partial charge in [0.25, 0.3) is 5.91 Å². The van der Waals surface area contributed by atoms with Crippen LogP contribution in [0.4, 0.5) is 5.95 Å². The summed E-state index contributed by atoms with van der Waals surface area (Å²) < 4.78 is 0. The summed E-state index contributed by atoms with van der Waals surface area (Å²) in [6.07, 6.45) is 0. The Balaban J connectivity index is 2.22. The minimum atomic E-state index is -0.357. The van der Waals surface area contributed by atoms with E-state index in [4.69, 9.17) is 11.6 Å². The summed E-state index contributed by atoms with van der Waals surface area (Å²) in [5.74, 6) is -0.0584. The summed E-state index contributed by atoms with van der Waals surface area (Å²) in [4.78, 5) is 20.0. The molecule has 1 heterocycles. The van der Waals surface area contributed by atoms with Crippen molar-refractivity contribution in [2.24, 2.45) is 0 Å². The Bertz CT molecular complexity index is 624. The van der Waals surface area contributed by atoms with Crippen LogP contribution in [0.2, 0.25) is 5.15 Å². The van der Waals surface area contributed by atoms with Gasteiger partial charge >= 0.3 is 0 Å². The van der Waals surface area contributed by atoms with E-state index in [2.05, 4.69) is 15.3 Å². The molecule has 0 atom stereocenters. The van der Waals surface area contributed by atoms with Crippen molar-refractivity contribution in [3.05, 3.63) is 46.2 Å². The molecule has 0 aliphatic carbocycles. The zero-order valence-electron chi connectivity index (χ0n) is 10.4. The van der Waals surface area contributed by atoms with Crippen LogP contribution in [-0.2, 0) is 0 Å². The van der Waals surface area contributed by atoms with Crippen LogP contribution >= 0.6 is 11.6 Å². The number of aromatic hydroxyl groups is 1. The van der Waals surface area contributed by atoms with Crippen LogP contribution in [0.25, 0.3) is 0 Å². The lowest BCUT2D eigenvalue weighted by atomic mass is 10.1. The normalized spacial score (nSPS) is 10.3. The fourth-order valence-electron chi connectivity index (χ4n) is 1.56. The molecule has 0 unspecified atom stereocenters. The summed E-state index contributed by atoms with van der Waals surface area (Å²) in [5, 5.41) is 12.2. The van der Waals surface area contributed by atoms with Crippen molar-refractivity contribution in [2.45, 2.75) is 13.8 Å². The van der Waals surface area contributed by atoms with Crippen molar-refractivity contribution in [2.75, 3.05) is 5.32 Å². The van der Waals surface area contributed by atoms with Crippen LogP contribution in [0.5, 0.6) is 5.75 Å². The highest BCUT2D eigenvalue weighted by Gasteiger charge is 2.10. The second kappa shape index (κ2) is 5.24. The maximum atomic E-state index is 12.0. The van der Waals surface area contributed by atoms with E-state index in [1.54, 1.807) is 26.0 Å². The van der Waals surface area contributed by atoms with Crippen LogP contribution in [-0.4, -0.2) is 21.0 Å². The van der Waals surface area contributed by atoms with Crippen LogP contribution < -0.4 is 5.32 Å². The van der Waals surface area contributed by atoms with Gasteiger partial charge in [0.2, 0.25) is 5.95 Å². The molecule has 19 heavy (non-hydrogen) atoms. The molecule has 0 bridgehead atoms. The van der Waals surface area contributed by atoms with Crippen molar-refractivity contribution < 1.29 is 9.90 Å². The summed E-state index contributed by atoms with van der Waals surface area (Å²) >= 11 is 5.79. The Morgan fingerprint density at radius 1 is 1.26 bits per heavy atom. The minimum Gasteiger partial charge on any atom is -0.508 e. The summed E-state index contributed by atoms with van der Waals surface area (Å²) in [6, 6.07) is 6.17. The molecular weight excluding hydrogens is 266 g/mol. The molecule has 5 nitrogen and oxygen atoms in total. The number of rotatable bonds is 2. The van der Waals surface area contributed by atoms with Gasteiger partial charge in [-0.2, -0.15) is 0 Å². The molecule has 0 spiro atoms. The third-order valence-corrected chi connectivity index (χ3v) is 2.70. The number of aryl methyl sites for hydroxylation is 2. The Morgan fingerprint density at radius 3 is 2.63 bits per heavy atom. The maximum absolute atomic E-state index is 12.0. The number of halogens is 1. The lowest BCUT2D eigenvalue weighted by Crippen LogP contribution is -2.14. The number of phenols is 1. The van der Waals surface area contributed by atoms with Gasteiger partial charge in [0.15, 0.2) is 0 Å². The molecule has 0 saturated heterocycles. The Morgan fingerprint density at radius 2 is 2.00 bits per heavy atom. The summed E-state index contributed by atoms with van der Waals surface area (Å²) in [6.45, 7) is 3.47. The van der Waals surface area contributed by atoms with Gasteiger partial charge < -0.3 is 5.11 Å². The van der Waals surface area contributed by atoms with Gasteiger partial charge in [-0.3, -0.25) is 10.1 Å². The van der Waals surface area contributed by atoms with E-state index in [1.165, 1.54) is 12.1 Å². The quantitative estimate of drug-likeness (QED) is 0.828. The van der Waals surface area contributed by atoms with E-state index < -0.39 is 0 Å². The third kappa shape index (κ3) is 3.20. The fraction of sp³-hybridized carbons (Fsp3) is 0.154. The van der Waals surface area contributed by atoms with Crippen molar-refractivity contribution >= 4 is 23.5 Å². The van der Waals surface area contributed by atoms with E-state index >= 15 is 0 Å². The maximum Gasteiger partial charge on any atom is 0.258 e. The highest BCUT2D eigenvalue weighted by molar-refractivity contribution is 6.29. The molecular formula is C13H12ClN3O2. The number of nitrogens with zero attached hydrogens (tertiary/aromatic N) is 2. The number of benzene rings is 1. The number of carbonyl (C=O) groups is 1. The molecule has 2 rings (SSSR count). The number of hydrogen-bond donors (Lipinski definition) is 2. The zero-order valence-corrected chi connectivity index (χ0v) is 11.2. The van der Waals surface area contributed by atoms with Crippen molar-refractivity contribution in [1.82, 2.24) is 9.97 Å². The van der Waals surface area contributed by atoms with Crippen LogP contribution in [0.15, 0.2) is 24.3 Å². The number of phenolic OH excluding ortho intramolecular Hbond substituents is 1. The largest absolute Gasteiger partial charge is 0.508 e. The Labute approximate surface area is 115 Å². The lowest BCUT2D eigenvalue weighted by Gasteiger charge is -2.06. The molecule has 0 fully saturated rings. The second-order valence-corrected chi connectivity index (χ2v) is 4.50. The highest BCUT2D eigenvalue weighted by Crippen LogP contribution is 2.18. The molecule has 1 amide bonds. The van der Waals surface area contributed by atoms with E-state index in [1.807, 2.05) is 0 Å². The average molecular weight is 278 g/mol. The topological polar surface area (TPSA) is 75.1 Å². The molecule has 1 aromatic heterocycles. The zero-order chi connectivity index (χ0) is 14.0. The molecule has 2 aromatic rings. The number of carbonyl (C=O) groups excluding carboxylic acids is 1. The minimum absolute atomic E-state index is 0.145. The monoisotopic (exact) mass is 277 g/mol. The van der Waals surface area contributed by atoms with Gasteiger partial charge in [-0.25, -0.2) is 9.97 Å². The Kier molecular flexibility index (Phi) is 3.66. The number of amides is 1. The number of hydrogen-bond acceptors (Lipinski definition) is 4. The SMILES string of the molecule is Cc1cc(Cl)nc(NC(=O)c2ccc(O)c(C)c2)n1. The second-order valence-electron chi connectivity index (χ2n) is 4.11. The van der Waals surface area contributed by atoms with Crippen LogP contribution in [0.1, 0.15) is 21.6 Å². The van der Waals surface area contributed by atoms with Gasteiger partial charge in [0.05, 0.1) is 0 Å². The van der Waals surface area contributed by atoms with E-state index in [9.17, 15) is 9.90 Å². The van der Waals surface area contributed by atoms with Crippen molar-refractivity contribution in [3.63, 3.8) is 0 Å². The van der Waals surface area contributed by atoms with Crippen LogP contribution in [0, 0.1) is 13.8 Å². The molecule has 0 saturated carbocycles. The summed E-state index contributed by atoms with van der Waals surface area (Å²) in [7, 11) is 0. The van der Waals surface area contributed by atoms with Crippen molar-refractivity contribution in [1.29, 1.82) is 0 Å². The molecule has 98 valence electrons. The summed E-state index contributed by atoms with van der Waals surface area (Å²) in [5.41, 5.74) is 1.70. The number of anilines is 1. The van der Waals surface area contributed by atoms with E-state index in [0.717, 1.165) is 0 Å². The molecule has 2 N–H and O–H groups in total. The third-order valence-electron chi connectivity index (χ3n) is 2.51. The first-order chi connectivity index (χ1) is 8.95. The van der Waals surface area contributed by atoms with Crippen LogP contribution in [0.3, 0.4) is 0 Å². The molecule has 0 aliphatic rings. The highest BCUT2D eigenvalue weighted by atomic mass is 35.5. The molecule has 0 radical (unpaired) electrons. The molecule has 6 heteroatoms. The predicted molar refractivity (Wildman–Crippen MR) is 72.6 cm³/mol. The van der Waals surface area contributed by atoms with Gasteiger partial charge in [-0.05, 0) is 43.7 Å². The van der Waals surface area contributed by atoms with Gasteiger partial charge in [-0.1, -0.05) is 11.6 Å². The van der Waals surface area contributed by atoms with Gasteiger partial charge in [0.1, 0.15) is 10.9 Å². The molecule has 0 aliphatic heterocycles. The van der Waals surface area contributed by atoms with Gasteiger partial charge in [-0.15, -0.1) is 0 Å². The predicted octanol–water partition coefficient (Wildman–Crippen LogP) is 2.70. The first kappa shape index (κ1) is 13.3. The average Bonchev–Trinajstić information content (AvgIpc) is 2.31. The fourth-order valence-corrected chi connectivity index (χ4v) is 1.79. The smallest absolute Gasteiger partial charge is 0.258 e. The van der Waals surface area contributed by atoms with Crippen molar-refractivity contribution in [3.8, 4) is 5.75 Å². The standard InChI is InChI=1S/C13H12ClN3O2/c1-7-5-9(3-4-10(7)18)12(19)17-13-15-8(2)6-11(14)16-13/h3-6,18H,1-2H3,(H,15,16,17,19). The van der Waals surface area contributed by atoms with E-state index in [0.29, 0.717) is 16.8 Å². The first-order valence-corrected chi connectivity index (χ1v) is 5.95.